The van der Waals surface area contributed by atoms with Crippen LogP contribution in [0.4, 0.5) is 4.39 Å². The van der Waals surface area contributed by atoms with Crippen LogP contribution in [-0.4, -0.2) is 37.7 Å². The average molecular weight is 361 g/mol. The van der Waals surface area contributed by atoms with E-state index in [1.165, 1.54) is 20.3 Å². The lowest BCUT2D eigenvalue weighted by Crippen LogP contribution is -2.34. The van der Waals surface area contributed by atoms with Gasteiger partial charge < -0.3 is 19.9 Å². The van der Waals surface area contributed by atoms with Crippen molar-refractivity contribution in [3.63, 3.8) is 0 Å². The summed E-state index contributed by atoms with van der Waals surface area (Å²) in [5.74, 6) is -3.28. The fourth-order valence-electron chi connectivity index (χ4n) is 2.56. The number of ether oxygens (including phenoxy) is 2. The number of hydrogen-bond donors (Lipinski definition) is 2. The third kappa shape index (κ3) is 4.50. The number of aliphatic carboxylic acids is 1. The van der Waals surface area contributed by atoms with E-state index in [-0.39, 0.29) is 30.0 Å². The van der Waals surface area contributed by atoms with Gasteiger partial charge in [0.25, 0.3) is 5.91 Å². The minimum Gasteiger partial charge on any atom is -0.493 e. The summed E-state index contributed by atoms with van der Waals surface area (Å²) < 4.78 is 24.3. The molecule has 0 saturated heterocycles. The molecule has 1 amide bonds. The van der Waals surface area contributed by atoms with Crippen LogP contribution in [0.3, 0.4) is 0 Å². The van der Waals surface area contributed by atoms with E-state index in [0.717, 1.165) is 11.6 Å². The molecule has 1 atom stereocenters. The summed E-state index contributed by atoms with van der Waals surface area (Å²) in [5, 5.41) is 11.9. The zero-order chi connectivity index (χ0) is 19.1. The van der Waals surface area contributed by atoms with Crippen molar-refractivity contribution in [2.24, 2.45) is 5.92 Å². The molecule has 0 aromatic heterocycles. The largest absolute Gasteiger partial charge is 0.493 e. The lowest BCUT2D eigenvalue weighted by molar-refractivity contribution is -0.141. The molecule has 0 aliphatic carbocycles. The van der Waals surface area contributed by atoms with Gasteiger partial charge in [-0.25, -0.2) is 4.39 Å². The van der Waals surface area contributed by atoms with Crippen molar-refractivity contribution in [3.8, 4) is 11.5 Å². The van der Waals surface area contributed by atoms with Gasteiger partial charge in [-0.1, -0.05) is 30.3 Å². The first kappa shape index (κ1) is 19.2. The van der Waals surface area contributed by atoms with Gasteiger partial charge in [0.1, 0.15) is 11.4 Å². The van der Waals surface area contributed by atoms with Crippen molar-refractivity contribution in [2.45, 2.75) is 6.42 Å². The van der Waals surface area contributed by atoms with Crippen LogP contribution < -0.4 is 14.8 Å². The number of nitrogens with one attached hydrogen (secondary N) is 1. The maximum absolute atomic E-state index is 14.1. The molecule has 0 fully saturated rings. The number of benzene rings is 2. The zero-order valence-electron chi connectivity index (χ0n) is 14.5. The van der Waals surface area contributed by atoms with Gasteiger partial charge in [0.15, 0.2) is 11.5 Å². The first-order chi connectivity index (χ1) is 12.5. The highest BCUT2D eigenvalue weighted by molar-refractivity contribution is 5.98. The Bertz CT molecular complexity index is 779. The van der Waals surface area contributed by atoms with Crippen molar-refractivity contribution < 1.29 is 28.6 Å². The van der Waals surface area contributed by atoms with E-state index in [4.69, 9.17) is 9.47 Å². The average Bonchev–Trinajstić information content (AvgIpc) is 2.64. The van der Waals surface area contributed by atoms with Crippen LogP contribution in [0, 0.1) is 11.7 Å². The second-order valence-corrected chi connectivity index (χ2v) is 5.59. The molecule has 1 unspecified atom stereocenters. The van der Waals surface area contributed by atoms with Crippen LogP contribution >= 0.6 is 0 Å². The van der Waals surface area contributed by atoms with E-state index in [0.29, 0.717) is 0 Å². The Labute approximate surface area is 150 Å². The summed E-state index contributed by atoms with van der Waals surface area (Å²) in [6, 6.07) is 11.5. The van der Waals surface area contributed by atoms with E-state index in [9.17, 15) is 19.1 Å². The molecular weight excluding hydrogens is 341 g/mol. The molecule has 138 valence electrons. The van der Waals surface area contributed by atoms with E-state index < -0.39 is 23.6 Å². The number of methoxy groups -OCH3 is 2. The minimum atomic E-state index is -1.05. The van der Waals surface area contributed by atoms with Gasteiger partial charge in [0, 0.05) is 6.54 Å². The fraction of sp³-hybridized carbons (Fsp3) is 0.263. The molecule has 0 radical (unpaired) electrons. The predicted molar refractivity (Wildman–Crippen MR) is 93.1 cm³/mol. The first-order valence-corrected chi connectivity index (χ1v) is 7.93. The Hall–Kier alpha value is -3.09. The Morgan fingerprint density at radius 1 is 1.12 bits per heavy atom. The molecule has 7 heteroatoms. The molecule has 2 rings (SSSR count). The minimum absolute atomic E-state index is 0.0417. The maximum Gasteiger partial charge on any atom is 0.308 e. The number of hydrogen-bond acceptors (Lipinski definition) is 4. The van der Waals surface area contributed by atoms with Crippen LogP contribution in [0.1, 0.15) is 15.9 Å². The molecule has 2 aromatic carbocycles. The van der Waals surface area contributed by atoms with Gasteiger partial charge in [0.05, 0.1) is 20.1 Å². The van der Waals surface area contributed by atoms with Gasteiger partial charge in [-0.05, 0) is 24.1 Å². The predicted octanol–water partition coefficient (Wildman–Crippen LogP) is 2.52. The molecule has 0 aliphatic rings. The number of halogens is 1. The highest BCUT2D eigenvalue weighted by atomic mass is 19.1. The standard InChI is InChI=1S/C19H20FNO5/c1-25-15-9-8-14(20)16(17(15)26-2)18(22)21-11-13(19(23)24)10-12-6-4-3-5-7-12/h3-9,13H,10-11H2,1-2H3,(H,21,22)(H,23,24). The second-order valence-electron chi connectivity index (χ2n) is 5.59. The monoisotopic (exact) mass is 361 g/mol. The van der Waals surface area contributed by atoms with E-state index in [2.05, 4.69) is 5.32 Å². The summed E-state index contributed by atoms with van der Waals surface area (Å²) in [5.41, 5.74) is 0.509. The number of rotatable bonds is 8. The Morgan fingerprint density at radius 3 is 2.38 bits per heavy atom. The van der Waals surface area contributed by atoms with E-state index in [1.54, 1.807) is 0 Å². The summed E-state index contributed by atoms with van der Waals surface area (Å²) in [6.07, 6.45) is 0.244. The molecule has 0 aliphatic heterocycles. The Balaban J connectivity index is 2.15. The van der Waals surface area contributed by atoms with Crippen molar-refractivity contribution in [1.82, 2.24) is 5.32 Å². The topological polar surface area (TPSA) is 84.9 Å². The van der Waals surface area contributed by atoms with Crippen molar-refractivity contribution in [1.29, 1.82) is 0 Å². The second kappa shape index (κ2) is 8.84. The SMILES string of the molecule is COc1ccc(F)c(C(=O)NCC(Cc2ccccc2)C(=O)O)c1OC. The number of carbonyl (C=O) groups is 2. The Morgan fingerprint density at radius 2 is 1.81 bits per heavy atom. The number of carbonyl (C=O) groups excluding carboxylic acids is 1. The summed E-state index contributed by atoms with van der Waals surface area (Å²) in [4.78, 5) is 23.9. The molecule has 2 N–H and O–H groups in total. The Kier molecular flexibility index (Phi) is 6.54. The van der Waals surface area contributed by atoms with Crippen molar-refractivity contribution >= 4 is 11.9 Å². The zero-order valence-corrected chi connectivity index (χ0v) is 14.5. The van der Waals surface area contributed by atoms with Crippen molar-refractivity contribution in [2.75, 3.05) is 20.8 Å². The highest BCUT2D eigenvalue weighted by Crippen LogP contribution is 2.32. The van der Waals surface area contributed by atoms with Crippen LogP contribution in [-0.2, 0) is 11.2 Å². The summed E-state index contributed by atoms with van der Waals surface area (Å²) >= 11 is 0. The molecule has 6 nitrogen and oxygen atoms in total. The van der Waals surface area contributed by atoms with Gasteiger partial charge in [-0.3, -0.25) is 9.59 Å². The molecule has 2 aromatic rings. The highest BCUT2D eigenvalue weighted by Gasteiger charge is 2.24. The molecule has 0 bridgehead atoms. The number of carboxylic acid groups (broad SMARTS) is 1. The van der Waals surface area contributed by atoms with Crippen LogP contribution in [0.25, 0.3) is 0 Å². The maximum atomic E-state index is 14.1. The quantitative estimate of drug-likeness (QED) is 0.755. The molecule has 0 saturated carbocycles. The molecular formula is C19H20FNO5. The molecule has 0 heterocycles. The lowest BCUT2D eigenvalue weighted by Gasteiger charge is -2.16. The van der Waals surface area contributed by atoms with E-state index >= 15 is 0 Å². The normalized spacial score (nSPS) is 11.5. The van der Waals surface area contributed by atoms with Gasteiger partial charge in [-0.15, -0.1) is 0 Å². The van der Waals surface area contributed by atoms with Crippen molar-refractivity contribution in [3.05, 3.63) is 59.4 Å². The van der Waals surface area contributed by atoms with Crippen LogP contribution in [0.15, 0.2) is 42.5 Å². The lowest BCUT2D eigenvalue weighted by atomic mass is 9.99. The third-order valence-corrected chi connectivity index (χ3v) is 3.91. The van der Waals surface area contributed by atoms with Crippen LogP contribution in [0.5, 0.6) is 11.5 Å². The number of carboxylic acids is 1. The summed E-state index contributed by atoms with van der Waals surface area (Å²) in [7, 11) is 2.67. The smallest absolute Gasteiger partial charge is 0.308 e. The third-order valence-electron chi connectivity index (χ3n) is 3.91. The summed E-state index contributed by atoms with van der Waals surface area (Å²) in [6.45, 7) is -0.150. The number of amides is 1. The van der Waals surface area contributed by atoms with Gasteiger partial charge >= 0.3 is 5.97 Å². The van der Waals surface area contributed by atoms with Gasteiger partial charge in [-0.2, -0.15) is 0 Å². The fourth-order valence-corrected chi connectivity index (χ4v) is 2.56. The van der Waals surface area contributed by atoms with E-state index in [1.807, 2.05) is 30.3 Å². The van der Waals surface area contributed by atoms with Gasteiger partial charge in [0.2, 0.25) is 0 Å². The van der Waals surface area contributed by atoms with Crippen LogP contribution in [0.2, 0.25) is 0 Å². The molecule has 0 spiro atoms. The first-order valence-electron chi connectivity index (χ1n) is 7.93. The molecule has 26 heavy (non-hydrogen) atoms.